The summed E-state index contributed by atoms with van der Waals surface area (Å²) in [5, 5.41) is 2.85. The molecule has 1 aliphatic rings. The number of halogens is 1. The third kappa shape index (κ3) is 4.75. The summed E-state index contributed by atoms with van der Waals surface area (Å²) in [6.07, 6.45) is 0. The number of hydrogen-bond donors (Lipinski definition) is 1. The number of piperazine rings is 1. The predicted octanol–water partition coefficient (Wildman–Crippen LogP) is 0.629. The molecule has 8 heteroatoms. The van der Waals surface area contributed by atoms with Crippen molar-refractivity contribution < 1.29 is 19.1 Å². The highest BCUT2D eigenvalue weighted by atomic mass is 35.5. The van der Waals surface area contributed by atoms with Gasteiger partial charge in [-0.05, 0) is 19.2 Å². The zero-order valence-corrected chi connectivity index (χ0v) is 15.0. The van der Waals surface area contributed by atoms with E-state index in [-0.39, 0.29) is 24.2 Å². The smallest absolute Gasteiger partial charge is 0.254 e. The van der Waals surface area contributed by atoms with Gasteiger partial charge in [0.05, 0.1) is 20.8 Å². The van der Waals surface area contributed by atoms with Crippen molar-refractivity contribution in [2.75, 3.05) is 54.0 Å². The van der Waals surface area contributed by atoms with Crippen LogP contribution >= 0.6 is 12.4 Å². The number of hydrogen-bond acceptors (Lipinski definition) is 5. The molecule has 1 aromatic rings. The first kappa shape index (κ1) is 20.1. The first-order chi connectivity index (χ1) is 11.1. The Kier molecular flexibility index (Phi) is 7.81. The van der Waals surface area contributed by atoms with E-state index in [2.05, 4.69) is 5.32 Å². The molecule has 1 fully saturated rings. The Morgan fingerprint density at radius 3 is 1.96 bits per heavy atom. The van der Waals surface area contributed by atoms with Crippen molar-refractivity contribution in [3.8, 4) is 11.5 Å². The van der Waals surface area contributed by atoms with Gasteiger partial charge in [-0.15, -0.1) is 12.4 Å². The average molecular weight is 358 g/mol. The summed E-state index contributed by atoms with van der Waals surface area (Å²) in [6, 6.07) is 5.12. The SMILES string of the molecule is CNCC(=O)N1CCN(C(=O)c2cc(OC)cc(OC)c2)CC1.Cl. The van der Waals surface area contributed by atoms with Gasteiger partial charge in [-0.25, -0.2) is 0 Å². The number of rotatable bonds is 5. The fraction of sp³-hybridized carbons (Fsp3) is 0.500. The highest BCUT2D eigenvalue weighted by molar-refractivity contribution is 5.95. The molecule has 24 heavy (non-hydrogen) atoms. The number of amides is 2. The summed E-state index contributed by atoms with van der Waals surface area (Å²) in [5.74, 6) is 1.14. The Morgan fingerprint density at radius 1 is 1.00 bits per heavy atom. The highest BCUT2D eigenvalue weighted by Gasteiger charge is 2.25. The van der Waals surface area contributed by atoms with Gasteiger partial charge in [-0.1, -0.05) is 0 Å². The van der Waals surface area contributed by atoms with Crippen LogP contribution < -0.4 is 14.8 Å². The lowest BCUT2D eigenvalue weighted by atomic mass is 10.1. The van der Waals surface area contributed by atoms with E-state index in [9.17, 15) is 9.59 Å². The normalized spacial score (nSPS) is 14.0. The number of nitrogens with zero attached hydrogens (tertiary/aromatic N) is 2. The molecule has 0 bridgehead atoms. The van der Waals surface area contributed by atoms with Crippen LogP contribution in [-0.2, 0) is 4.79 Å². The average Bonchev–Trinajstić information content (AvgIpc) is 2.60. The third-order valence-corrected chi connectivity index (χ3v) is 3.85. The van der Waals surface area contributed by atoms with Crippen LogP contribution in [0.1, 0.15) is 10.4 Å². The lowest BCUT2D eigenvalue weighted by molar-refractivity contribution is -0.131. The van der Waals surface area contributed by atoms with Crippen LogP contribution in [0.15, 0.2) is 18.2 Å². The molecule has 0 aromatic heterocycles. The lowest BCUT2D eigenvalue weighted by Crippen LogP contribution is -2.52. The summed E-state index contributed by atoms with van der Waals surface area (Å²) in [7, 11) is 4.85. The zero-order valence-electron chi connectivity index (χ0n) is 14.2. The molecule has 0 aliphatic carbocycles. The van der Waals surface area contributed by atoms with Gasteiger partial charge in [0.25, 0.3) is 5.91 Å². The molecule has 2 rings (SSSR count). The quantitative estimate of drug-likeness (QED) is 0.837. The van der Waals surface area contributed by atoms with Gasteiger partial charge in [0.15, 0.2) is 0 Å². The van der Waals surface area contributed by atoms with Gasteiger partial charge in [0, 0.05) is 37.8 Å². The van der Waals surface area contributed by atoms with E-state index < -0.39 is 0 Å². The van der Waals surface area contributed by atoms with E-state index in [0.717, 1.165) is 0 Å². The summed E-state index contributed by atoms with van der Waals surface area (Å²) in [6.45, 7) is 2.46. The molecule has 0 radical (unpaired) electrons. The van der Waals surface area contributed by atoms with Crippen molar-refractivity contribution in [3.05, 3.63) is 23.8 Å². The van der Waals surface area contributed by atoms with Crippen molar-refractivity contribution in [1.82, 2.24) is 15.1 Å². The van der Waals surface area contributed by atoms with Crippen molar-refractivity contribution in [2.45, 2.75) is 0 Å². The standard InChI is InChI=1S/C16H23N3O4.ClH/c1-17-11-15(20)18-4-6-19(7-5-18)16(21)12-8-13(22-2)10-14(9-12)23-3;/h8-10,17H,4-7,11H2,1-3H3;1H. The van der Waals surface area contributed by atoms with E-state index in [4.69, 9.17) is 9.47 Å². The van der Waals surface area contributed by atoms with Crippen molar-refractivity contribution >= 4 is 24.2 Å². The molecule has 0 saturated carbocycles. The number of carbonyl (C=O) groups is 2. The largest absolute Gasteiger partial charge is 0.497 e. The second-order valence-corrected chi connectivity index (χ2v) is 5.30. The van der Waals surface area contributed by atoms with Crippen LogP contribution in [0.5, 0.6) is 11.5 Å². The van der Waals surface area contributed by atoms with Gasteiger partial charge < -0.3 is 24.6 Å². The van der Waals surface area contributed by atoms with Crippen LogP contribution in [0.4, 0.5) is 0 Å². The highest BCUT2D eigenvalue weighted by Crippen LogP contribution is 2.23. The minimum Gasteiger partial charge on any atom is -0.497 e. The topological polar surface area (TPSA) is 71.1 Å². The molecular formula is C16H24ClN3O4. The number of carbonyl (C=O) groups excluding carboxylic acids is 2. The fourth-order valence-electron chi connectivity index (χ4n) is 2.54. The Labute approximate surface area is 148 Å². The van der Waals surface area contributed by atoms with Crippen LogP contribution in [0.3, 0.4) is 0 Å². The number of benzene rings is 1. The van der Waals surface area contributed by atoms with Gasteiger partial charge in [-0.3, -0.25) is 9.59 Å². The Bertz CT molecular complexity index is 552. The van der Waals surface area contributed by atoms with Crippen molar-refractivity contribution in [2.24, 2.45) is 0 Å². The second-order valence-electron chi connectivity index (χ2n) is 5.30. The molecule has 1 aliphatic heterocycles. The Morgan fingerprint density at radius 2 is 1.50 bits per heavy atom. The Balaban J connectivity index is 0.00000288. The minimum absolute atomic E-state index is 0. The van der Waals surface area contributed by atoms with Gasteiger partial charge in [0.2, 0.25) is 5.91 Å². The van der Waals surface area contributed by atoms with Crippen LogP contribution in [0.2, 0.25) is 0 Å². The molecule has 1 saturated heterocycles. The third-order valence-electron chi connectivity index (χ3n) is 3.85. The fourth-order valence-corrected chi connectivity index (χ4v) is 2.54. The maximum Gasteiger partial charge on any atom is 0.254 e. The molecule has 7 nitrogen and oxygen atoms in total. The van der Waals surface area contributed by atoms with Gasteiger partial charge >= 0.3 is 0 Å². The molecule has 134 valence electrons. The number of ether oxygens (including phenoxy) is 2. The van der Waals surface area contributed by atoms with Gasteiger partial charge in [-0.2, -0.15) is 0 Å². The lowest BCUT2D eigenvalue weighted by Gasteiger charge is -2.34. The molecule has 2 amide bonds. The first-order valence-corrected chi connectivity index (χ1v) is 7.53. The summed E-state index contributed by atoms with van der Waals surface area (Å²) >= 11 is 0. The van der Waals surface area contributed by atoms with E-state index in [1.807, 2.05) is 0 Å². The molecule has 0 atom stereocenters. The molecule has 0 unspecified atom stereocenters. The van der Waals surface area contributed by atoms with E-state index in [0.29, 0.717) is 49.8 Å². The van der Waals surface area contributed by atoms with Crippen LogP contribution in [0.25, 0.3) is 0 Å². The molecular weight excluding hydrogens is 334 g/mol. The monoisotopic (exact) mass is 357 g/mol. The van der Waals surface area contributed by atoms with E-state index in [1.165, 1.54) is 0 Å². The molecule has 1 aromatic carbocycles. The minimum atomic E-state index is -0.0806. The van der Waals surface area contributed by atoms with E-state index >= 15 is 0 Å². The predicted molar refractivity (Wildman–Crippen MR) is 93.2 cm³/mol. The number of nitrogens with one attached hydrogen (secondary N) is 1. The summed E-state index contributed by atoms with van der Waals surface area (Å²) in [5.41, 5.74) is 0.524. The summed E-state index contributed by atoms with van der Waals surface area (Å²) in [4.78, 5) is 28.0. The van der Waals surface area contributed by atoms with Crippen molar-refractivity contribution in [1.29, 1.82) is 0 Å². The molecule has 0 spiro atoms. The van der Waals surface area contributed by atoms with Crippen LogP contribution in [0, 0.1) is 0 Å². The molecule has 1 heterocycles. The van der Waals surface area contributed by atoms with Crippen LogP contribution in [-0.4, -0.2) is 75.6 Å². The van der Waals surface area contributed by atoms with Crippen molar-refractivity contribution in [3.63, 3.8) is 0 Å². The maximum absolute atomic E-state index is 12.6. The Hall–Kier alpha value is -1.99. The zero-order chi connectivity index (χ0) is 16.8. The van der Waals surface area contributed by atoms with Gasteiger partial charge in [0.1, 0.15) is 11.5 Å². The number of methoxy groups -OCH3 is 2. The maximum atomic E-state index is 12.6. The number of likely N-dealkylation sites (N-methyl/N-ethyl adjacent to an activating group) is 1. The second kappa shape index (κ2) is 9.34. The first-order valence-electron chi connectivity index (χ1n) is 7.53. The summed E-state index contributed by atoms with van der Waals surface area (Å²) < 4.78 is 10.4. The van der Waals surface area contributed by atoms with E-state index in [1.54, 1.807) is 49.3 Å². The molecule has 1 N–H and O–H groups in total.